The molecule has 0 spiro atoms. The molecule has 2 aromatic carbocycles. The van der Waals surface area contributed by atoms with Crippen molar-refractivity contribution >= 4 is 30.1 Å². The molecule has 1 aliphatic rings. The molecule has 0 radical (unpaired) electrons. The van der Waals surface area contributed by atoms with E-state index in [1.54, 1.807) is 0 Å². The average Bonchev–Trinajstić information content (AvgIpc) is 2.71. The highest BCUT2D eigenvalue weighted by atomic mass is 31.1. The van der Waals surface area contributed by atoms with Crippen molar-refractivity contribution < 1.29 is 0 Å². The van der Waals surface area contributed by atoms with E-state index in [9.17, 15) is 0 Å². The molecule has 1 aromatic heterocycles. The second-order valence-electron chi connectivity index (χ2n) is 6.77. The zero-order valence-corrected chi connectivity index (χ0v) is 16.3. The zero-order valence-electron chi connectivity index (χ0n) is 15.4. The molecule has 0 fully saturated rings. The Labute approximate surface area is 157 Å². The summed E-state index contributed by atoms with van der Waals surface area (Å²) in [5.41, 5.74) is 5.00. The fourth-order valence-corrected chi connectivity index (χ4v) is 5.36. The normalized spacial score (nSPS) is 14.7. The summed E-state index contributed by atoms with van der Waals surface area (Å²) in [6, 6.07) is 17.6. The van der Waals surface area contributed by atoms with Gasteiger partial charge in [-0.25, -0.2) is 0 Å². The first-order valence-electron chi connectivity index (χ1n) is 9.29. The third kappa shape index (κ3) is 3.13. The Balaban J connectivity index is 1.95. The molecule has 26 heavy (non-hydrogen) atoms. The number of fused-ring (bicyclic) bond motifs is 3. The number of benzene rings is 2. The van der Waals surface area contributed by atoms with Crippen LogP contribution in [0.4, 0.5) is 0 Å². The Morgan fingerprint density at radius 3 is 2.65 bits per heavy atom. The van der Waals surface area contributed by atoms with E-state index in [0.29, 0.717) is 0 Å². The van der Waals surface area contributed by atoms with Crippen LogP contribution in [0.3, 0.4) is 0 Å². The largest absolute Gasteiger partial charge is 0.252 e. The van der Waals surface area contributed by atoms with Crippen LogP contribution in [0.25, 0.3) is 28.1 Å². The molecule has 130 valence electrons. The Hall–Kier alpha value is -2.24. The first-order chi connectivity index (χ1) is 12.8. The standard InChI is InChI=1S/C24H24NP/c1-3-4-17-26(2)23-16-10-8-14-21(23)24-20-13-6-5-11-18(20)19-12-7-9-15-22(19)25-24/h3-8,10-14,16H,9,15,17H2,1-2H3. The molecule has 0 saturated heterocycles. The molecule has 1 unspecified atom stereocenters. The van der Waals surface area contributed by atoms with Crippen molar-refractivity contribution in [1.82, 2.24) is 4.98 Å². The second-order valence-corrected chi connectivity index (χ2v) is 9.02. The summed E-state index contributed by atoms with van der Waals surface area (Å²) in [6.07, 6.45) is 12.2. The van der Waals surface area contributed by atoms with Crippen LogP contribution in [0, 0.1) is 0 Å². The lowest BCUT2D eigenvalue weighted by molar-refractivity contribution is 0.936. The van der Waals surface area contributed by atoms with E-state index in [-0.39, 0.29) is 7.92 Å². The van der Waals surface area contributed by atoms with Gasteiger partial charge in [-0.2, -0.15) is 0 Å². The molecule has 4 rings (SSSR count). The Morgan fingerprint density at radius 2 is 1.81 bits per heavy atom. The molecule has 0 saturated carbocycles. The van der Waals surface area contributed by atoms with Gasteiger partial charge >= 0.3 is 0 Å². The summed E-state index contributed by atoms with van der Waals surface area (Å²) in [4.78, 5) is 5.18. The zero-order chi connectivity index (χ0) is 17.9. The van der Waals surface area contributed by atoms with E-state index in [4.69, 9.17) is 4.98 Å². The van der Waals surface area contributed by atoms with Crippen LogP contribution < -0.4 is 5.30 Å². The lowest BCUT2D eigenvalue weighted by atomic mass is 9.94. The van der Waals surface area contributed by atoms with Gasteiger partial charge in [-0.1, -0.05) is 80.8 Å². The van der Waals surface area contributed by atoms with Crippen LogP contribution in [0.1, 0.15) is 24.6 Å². The summed E-state index contributed by atoms with van der Waals surface area (Å²) in [7, 11) is -0.233. The fraction of sp³-hybridized carbons (Fsp3) is 0.208. The van der Waals surface area contributed by atoms with Crippen LogP contribution in [-0.4, -0.2) is 17.8 Å². The van der Waals surface area contributed by atoms with Crippen molar-refractivity contribution in [3.63, 3.8) is 0 Å². The highest BCUT2D eigenvalue weighted by Gasteiger charge is 2.18. The van der Waals surface area contributed by atoms with Gasteiger partial charge in [0, 0.05) is 22.2 Å². The smallest absolute Gasteiger partial charge is 0.0790 e. The topological polar surface area (TPSA) is 12.9 Å². The van der Waals surface area contributed by atoms with Gasteiger partial charge in [0.2, 0.25) is 0 Å². The quantitative estimate of drug-likeness (QED) is 0.402. The van der Waals surface area contributed by atoms with Crippen LogP contribution in [0.15, 0.2) is 66.8 Å². The van der Waals surface area contributed by atoms with Crippen LogP contribution in [-0.2, 0) is 6.42 Å². The van der Waals surface area contributed by atoms with Crippen LogP contribution in [0.2, 0.25) is 0 Å². The maximum atomic E-state index is 5.18. The predicted octanol–water partition coefficient (Wildman–Crippen LogP) is 6.17. The number of pyridine rings is 1. The summed E-state index contributed by atoms with van der Waals surface area (Å²) < 4.78 is 0. The average molecular weight is 357 g/mol. The van der Waals surface area contributed by atoms with E-state index in [1.807, 2.05) is 0 Å². The first-order valence-corrected chi connectivity index (χ1v) is 11.3. The number of aryl methyl sites for hydroxylation is 1. The van der Waals surface area contributed by atoms with E-state index in [0.717, 1.165) is 24.7 Å². The number of nitrogens with zero attached hydrogens (tertiary/aromatic N) is 1. The number of rotatable bonds is 4. The minimum absolute atomic E-state index is 0.233. The number of aromatic nitrogens is 1. The van der Waals surface area contributed by atoms with Gasteiger partial charge in [0.15, 0.2) is 0 Å². The van der Waals surface area contributed by atoms with E-state index in [2.05, 4.69) is 86.4 Å². The van der Waals surface area contributed by atoms with Crippen molar-refractivity contribution in [2.24, 2.45) is 0 Å². The van der Waals surface area contributed by atoms with Gasteiger partial charge in [0.1, 0.15) is 0 Å². The minimum Gasteiger partial charge on any atom is -0.252 e. The Bertz CT molecular complexity index is 1000. The third-order valence-electron chi connectivity index (χ3n) is 5.05. The molecule has 3 aromatic rings. The van der Waals surface area contributed by atoms with Gasteiger partial charge in [-0.3, -0.25) is 4.98 Å². The molecular formula is C24H24NP. The van der Waals surface area contributed by atoms with Gasteiger partial charge in [-0.05, 0) is 43.3 Å². The molecule has 0 bridgehead atoms. The van der Waals surface area contributed by atoms with Crippen molar-refractivity contribution in [2.75, 3.05) is 12.8 Å². The molecule has 0 aliphatic heterocycles. The van der Waals surface area contributed by atoms with Gasteiger partial charge in [-0.15, -0.1) is 0 Å². The Morgan fingerprint density at radius 1 is 1.04 bits per heavy atom. The fourth-order valence-electron chi connectivity index (χ4n) is 3.71. The van der Waals surface area contributed by atoms with E-state index in [1.165, 1.54) is 32.9 Å². The van der Waals surface area contributed by atoms with Crippen molar-refractivity contribution in [1.29, 1.82) is 0 Å². The first kappa shape index (κ1) is 17.2. The van der Waals surface area contributed by atoms with Crippen LogP contribution in [0.5, 0.6) is 0 Å². The lowest BCUT2D eigenvalue weighted by Gasteiger charge is -2.20. The molecule has 0 amide bonds. The molecule has 1 nitrogen and oxygen atoms in total. The summed E-state index contributed by atoms with van der Waals surface area (Å²) in [6.45, 7) is 4.47. The molecule has 1 aliphatic carbocycles. The van der Waals surface area contributed by atoms with Crippen molar-refractivity contribution in [3.8, 4) is 11.3 Å². The second kappa shape index (κ2) is 7.56. The predicted molar refractivity (Wildman–Crippen MR) is 117 cm³/mol. The third-order valence-corrected chi connectivity index (χ3v) is 7.02. The number of hydrogen-bond donors (Lipinski definition) is 0. The highest BCUT2D eigenvalue weighted by Crippen LogP contribution is 2.38. The molecule has 0 N–H and O–H groups in total. The lowest BCUT2D eigenvalue weighted by Crippen LogP contribution is -2.09. The Kier molecular flexibility index (Phi) is 5.00. The van der Waals surface area contributed by atoms with Crippen LogP contribution >= 0.6 is 7.92 Å². The van der Waals surface area contributed by atoms with Gasteiger partial charge in [0.05, 0.1) is 5.69 Å². The van der Waals surface area contributed by atoms with Gasteiger partial charge < -0.3 is 0 Å². The minimum atomic E-state index is -0.233. The SMILES string of the molecule is CC=CCP(C)c1ccccc1-c1nc2c(c3ccccc13)C=CCC2. The summed E-state index contributed by atoms with van der Waals surface area (Å²) >= 11 is 0. The molecule has 1 atom stereocenters. The van der Waals surface area contributed by atoms with Gasteiger partial charge in [0.25, 0.3) is 0 Å². The van der Waals surface area contributed by atoms with E-state index >= 15 is 0 Å². The molecular weight excluding hydrogens is 333 g/mol. The number of hydrogen-bond acceptors (Lipinski definition) is 1. The highest BCUT2D eigenvalue weighted by molar-refractivity contribution is 7.65. The van der Waals surface area contributed by atoms with E-state index < -0.39 is 0 Å². The summed E-state index contributed by atoms with van der Waals surface area (Å²) in [5, 5.41) is 4.04. The molecule has 1 heterocycles. The maximum absolute atomic E-state index is 5.18. The van der Waals surface area contributed by atoms with Crippen molar-refractivity contribution in [3.05, 3.63) is 78.0 Å². The maximum Gasteiger partial charge on any atom is 0.0790 e. The summed E-state index contributed by atoms with van der Waals surface area (Å²) in [5.74, 6) is 0. The monoisotopic (exact) mass is 357 g/mol. The molecule has 2 heteroatoms. The number of allylic oxidation sites excluding steroid dienone is 3. The van der Waals surface area contributed by atoms with Crippen molar-refractivity contribution in [2.45, 2.75) is 19.8 Å².